The average molecular weight is 295 g/mol. The summed E-state index contributed by atoms with van der Waals surface area (Å²) in [7, 11) is 1.11. The maximum Gasteiger partial charge on any atom is 0.416 e. The van der Waals surface area contributed by atoms with Crippen molar-refractivity contribution in [1.82, 2.24) is 0 Å². The molecule has 0 fully saturated rings. The van der Waals surface area contributed by atoms with Crippen LogP contribution in [0.15, 0.2) is 23.2 Å². The van der Waals surface area contributed by atoms with E-state index in [0.29, 0.717) is 6.07 Å². The summed E-state index contributed by atoms with van der Waals surface area (Å²) in [6.07, 6.45) is -4.55. The molecule has 0 aromatic heterocycles. The number of halogens is 4. The molecule has 19 heavy (non-hydrogen) atoms. The molecule has 0 saturated carbocycles. The summed E-state index contributed by atoms with van der Waals surface area (Å²) in [5.41, 5.74) is 4.06. The number of esters is 1. The van der Waals surface area contributed by atoms with Gasteiger partial charge < -0.3 is 10.5 Å². The lowest BCUT2D eigenvalue weighted by Gasteiger charge is -2.10. The van der Waals surface area contributed by atoms with Gasteiger partial charge in [-0.05, 0) is 18.2 Å². The number of benzene rings is 1. The zero-order valence-electron chi connectivity index (χ0n) is 9.79. The van der Waals surface area contributed by atoms with Crippen LogP contribution in [0.25, 0.3) is 0 Å². The first-order valence-electron chi connectivity index (χ1n) is 4.98. The van der Waals surface area contributed by atoms with Crippen molar-refractivity contribution in [2.24, 2.45) is 10.7 Å². The fourth-order valence-corrected chi connectivity index (χ4v) is 1.33. The zero-order chi connectivity index (χ0) is 14.6. The lowest BCUT2D eigenvalue weighted by atomic mass is 10.1. The minimum Gasteiger partial charge on any atom is -0.465 e. The van der Waals surface area contributed by atoms with E-state index in [1.165, 1.54) is 0 Å². The summed E-state index contributed by atoms with van der Waals surface area (Å²) in [4.78, 5) is 15.1. The number of ether oxygens (including phenoxy) is 1. The number of hydrogen-bond donors (Lipinski definition) is 1. The highest BCUT2D eigenvalue weighted by molar-refractivity contribution is 6.28. The second kappa shape index (κ2) is 5.92. The fourth-order valence-electron chi connectivity index (χ4n) is 1.27. The van der Waals surface area contributed by atoms with E-state index in [4.69, 9.17) is 17.3 Å². The number of carbonyl (C=O) groups is 1. The van der Waals surface area contributed by atoms with Gasteiger partial charge in [-0.25, -0.2) is 9.79 Å². The van der Waals surface area contributed by atoms with Crippen LogP contribution in [0.2, 0.25) is 0 Å². The molecule has 4 nitrogen and oxygen atoms in total. The van der Waals surface area contributed by atoms with Gasteiger partial charge in [0.05, 0.1) is 29.8 Å². The van der Waals surface area contributed by atoms with Crippen molar-refractivity contribution in [2.45, 2.75) is 6.18 Å². The molecule has 1 aromatic carbocycles. The Morgan fingerprint density at radius 1 is 1.47 bits per heavy atom. The number of methoxy groups -OCH3 is 1. The van der Waals surface area contributed by atoms with Crippen LogP contribution < -0.4 is 5.73 Å². The molecular weight excluding hydrogens is 285 g/mol. The molecule has 0 amide bonds. The fraction of sp³-hybridized carbons (Fsp3) is 0.273. The molecule has 0 aliphatic heterocycles. The first-order chi connectivity index (χ1) is 8.79. The van der Waals surface area contributed by atoms with E-state index < -0.39 is 17.7 Å². The molecule has 2 N–H and O–H groups in total. The number of aliphatic imine (C=N–C) groups is 1. The van der Waals surface area contributed by atoms with Crippen LogP contribution in [0, 0.1) is 0 Å². The highest BCUT2D eigenvalue weighted by atomic mass is 35.5. The van der Waals surface area contributed by atoms with Crippen LogP contribution in [0.5, 0.6) is 0 Å². The van der Waals surface area contributed by atoms with Gasteiger partial charge in [0.15, 0.2) is 0 Å². The number of carbonyl (C=O) groups excluding carboxylic acids is 1. The van der Waals surface area contributed by atoms with E-state index in [1.807, 2.05) is 0 Å². The van der Waals surface area contributed by atoms with Gasteiger partial charge in [-0.2, -0.15) is 13.2 Å². The predicted molar refractivity (Wildman–Crippen MR) is 64.8 cm³/mol. The number of rotatable bonds is 3. The van der Waals surface area contributed by atoms with E-state index in [2.05, 4.69) is 9.73 Å². The largest absolute Gasteiger partial charge is 0.465 e. The topological polar surface area (TPSA) is 64.7 Å². The highest BCUT2D eigenvalue weighted by Crippen LogP contribution is 2.33. The molecule has 0 aliphatic carbocycles. The quantitative estimate of drug-likeness (QED) is 0.403. The van der Waals surface area contributed by atoms with Crippen LogP contribution in [0.3, 0.4) is 0 Å². The highest BCUT2D eigenvalue weighted by Gasteiger charge is 2.31. The molecular formula is C11H10ClF3N2O2. The van der Waals surface area contributed by atoms with Crippen molar-refractivity contribution >= 4 is 29.1 Å². The second-order valence-corrected chi connectivity index (χ2v) is 3.73. The number of hydrogen-bond acceptors (Lipinski definition) is 3. The van der Waals surface area contributed by atoms with Gasteiger partial charge in [-0.3, -0.25) is 0 Å². The normalized spacial score (nSPS) is 12.4. The average Bonchev–Trinajstić information content (AvgIpc) is 2.36. The number of nitrogens with zero attached hydrogens (tertiary/aromatic N) is 1. The molecule has 0 bridgehead atoms. The van der Waals surface area contributed by atoms with E-state index >= 15 is 0 Å². The van der Waals surface area contributed by atoms with Gasteiger partial charge >= 0.3 is 12.1 Å². The summed E-state index contributed by atoms with van der Waals surface area (Å²) in [5, 5.41) is 0. The summed E-state index contributed by atoms with van der Waals surface area (Å²) >= 11 is 5.40. The van der Waals surface area contributed by atoms with Gasteiger partial charge in [0.25, 0.3) is 0 Å². The third-order valence-corrected chi connectivity index (χ3v) is 2.41. The van der Waals surface area contributed by atoms with Crippen molar-refractivity contribution in [3.8, 4) is 0 Å². The minimum absolute atomic E-state index is 0.105. The van der Waals surface area contributed by atoms with E-state index in [0.717, 1.165) is 19.2 Å². The number of alkyl halides is 4. The second-order valence-electron chi connectivity index (χ2n) is 3.46. The van der Waals surface area contributed by atoms with E-state index in [1.54, 1.807) is 0 Å². The zero-order valence-corrected chi connectivity index (χ0v) is 10.5. The predicted octanol–water partition coefficient (Wildman–Crippen LogP) is 2.72. The molecule has 0 heterocycles. The van der Waals surface area contributed by atoms with Gasteiger partial charge in [0, 0.05) is 0 Å². The molecule has 104 valence electrons. The number of nitrogens with two attached hydrogens (primary N) is 1. The van der Waals surface area contributed by atoms with Gasteiger partial charge in [0.1, 0.15) is 5.84 Å². The Labute approximate surface area is 112 Å². The van der Waals surface area contributed by atoms with Crippen molar-refractivity contribution in [2.75, 3.05) is 13.0 Å². The maximum absolute atomic E-state index is 12.6. The van der Waals surface area contributed by atoms with Gasteiger partial charge in [-0.15, -0.1) is 11.6 Å². The number of amidine groups is 1. The monoisotopic (exact) mass is 294 g/mol. The third kappa shape index (κ3) is 3.85. The van der Waals surface area contributed by atoms with E-state index in [9.17, 15) is 18.0 Å². The van der Waals surface area contributed by atoms with Crippen LogP contribution >= 0.6 is 11.6 Å². The van der Waals surface area contributed by atoms with Gasteiger partial charge in [-0.1, -0.05) is 0 Å². The Morgan fingerprint density at radius 2 is 2.11 bits per heavy atom. The molecule has 1 rings (SSSR count). The van der Waals surface area contributed by atoms with E-state index in [-0.39, 0.29) is 23.0 Å². The molecule has 0 radical (unpaired) electrons. The Morgan fingerprint density at radius 3 is 2.58 bits per heavy atom. The van der Waals surface area contributed by atoms with Crippen molar-refractivity contribution in [3.05, 3.63) is 29.3 Å². The lowest BCUT2D eigenvalue weighted by Crippen LogP contribution is -2.13. The summed E-state index contributed by atoms with van der Waals surface area (Å²) in [5.74, 6) is -1.09. The standard InChI is InChI=1S/C11H10ClF3N2O2/c1-19-10(18)7-3-2-6(11(13,14)15)4-8(7)17-9(16)5-12/h2-4H,5H2,1H3,(H2,16,17). The van der Waals surface area contributed by atoms with Crippen molar-refractivity contribution in [1.29, 1.82) is 0 Å². The molecule has 0 atom stereocenters. The Hall–Kier alpha value is -1.76. The van der Waals surface area contributed by atoms with Crippen LogP contribution in [0.4, 0.5) is 18.9 Å². The SMILES string of the molecule is COC(=O)c1ccc(C(F)(F)F)cc1N=C(N)CCl. The van der Waals surface area contributed by atoms with Gasteiger partial charge in [0.2, 0.25) is 0 Å². The Balaban J connectivity index is 3.39. The van der Waals surface area contributed by atoms with Crippen molar-refractivity contribution < 1.29 is 22.7 Å². The Kier molecular flexibility index (Phi) is 4.77. The molecule has 8 heteroatoms. The van der Waals surface area contributed by atoms with Crippen LogP contribution in [0.1, 0.15) is 15.9 Å². The summed E-state index contributed by atoms with van der Waals surface area (Å²) in [6, 6.07) is 2.46. The van der Waals surface area contributed by atoms with Crippen LogP contribution in [-0.2, 0) is 10.9 Å². The summed E-state index contributed by atoms with van der Waals surface area (Å²) < 4.78 is 42.2. The molecule has 0 saturated heterocycles. The van der Waals surface area contributed by atoms with Crippen LogP contribution in [-0.4, -0.2) is 24.8 Å². The van der Waals surface area contributed by atoms with Crippen molar-refractivity contribution in [3.63, 3.8) is 0 Å². The molecule has 0 aliphatic rings. The summed E-state index contributed by atoms with van der Waals surface area (Å²) in [6.45, 7) is 0. The molecule has 0 spiro atoms. The lowest BCUT2D eigenvalue weighted by molar-refractivity contribution is -0.137. The first-order valence-corrected chi connectivity index (χ1v) is 5.51. The molecule has 0 unspecified atom stereocenters. The Bertz CT molecular complexity index is 515. The maximum atomic E-state index is 12.6. The minimum atomic E-state index is -4.55. The third-order valence-electron chi connectivity index (χ3n) is 2.13. The first kappa shape index (κ1) is 15.3. The molecule has 1 aromatic rings. The smallest absolute Gasteiger partial charge is 0.416 e.